The van der Waals surface area contributed by atoms with E-state index in [9.17, 15) is 5.26 Å². The van der Waals surface area contributed by atoms with E-state index in [1.165, 1.54) is 4.68 Å². The van der Waals surface area contributed by atoms with Gasteiger partial charge in [-0.05, 0) is 38.3 Å². The molecule has 0 saturated carbocycles. The second-order valence-electron chi connectivity index (χ2n) is 8.14. The third-order valence-corrected chi connectivity index (χ3v) is 5.70. The zero-order valence-corrected chi connectivity index (χ0v) is 19.1. The number of nitrogen functional groups attached to an aromatic ring is 1. The van der Waals surface area contributed by atoms with Gasteiger partial charge in [0.15, 0.2) is 0 Å². The standard InChI is InChI=1S/C23H39N3O4/c1-5-8-13-27-17-20-22(28-14-9-6-2)23(4,29-15-10-7-3)21(30-20)19-12-11-18(16-24)26(19)25/h11-12,20-22H,5-10,13-15,17,25H2,1-4H3/t20-,21?,22-,23+/m1/s1. The van der Waals surface area contributed by atoms with Crippen LogP contribution in [0.25, 0.3) is 0 Å². The van der Waals surface area contributed by atoms with Gasteiger partial charge in [0.05, 0.1) is 12.3 Å². The monoisotopic (exact) mass is 421 g/mol. The fourth-order valence-electron chi connectivity index (χ4n) is 3.83. The Hall–Kier alpha value is -1.59. The molecule has 1 aromatic rings. The molecule has 1 saturated heterocycles. The molecule has 1 fully saturated rings. The summed E-state index contributed by atoms with van der Waals surface area (Å²) in [5.74, 6) is 6.21. The highest BCUT2D eigenvalue weighted by Crippen LogP contribution is 2.46. The van der Waals surface area contributed by atoms with Crippen LogP contribution in [0.5, 0.6) is 0 Å². The van der Waals surface area contributed by atoms with E-state index in [4.69, 9.17) is 24.8 Å². The van der Waals surface area contributed by atoms with Crippen molar-refractivity contribution < 1.29 is 18.9 Å². The number of hydrogen-bond donors (Lipinski definition) is 1. The second-order valence-corrected chi connectivity index (χ2v) is 8.14. The van der Waals surface area contributed by atoms with Crippen LogP contribution in [-0.4, -0.2) is 48.9 Å². The summed E-state index contributed by atoms with van der Waals surface area (Å²) < 4.78 is 26.6. The Morgan fingerprint density at radius 3 is 2.40 bits per heavy atom. The first-order valence-electron chi connectivity index (χ1n) is 11.4. The van der Waals surface area contributed by atoms with Crippen molar-refractivity contribution in [3.05, 3.63) is 23.5 Å². The fourth-order valence-corrected chi connectivity index (χ4v) is 3.83. The molecule has 0 spiro atoms. The molecule has 4 atom stereocenters. The van der Waals surface area contributed by atoms with Gasteiger partial charge in [-0.1, -0.05) is 40.0 Å². The molecule has 2 heterocycles. The van der Waals surface area contributed by atoms with Crippen LogP contribution in [0, 0.1) is 11.3 Å². The number of nitriles is 1. The van der Waals surface area contributed by atoms with E-state index >= 15 is 0 Å². The van der Waals surface area contributed by atoms with Gasteiger partial charge in [0.2, 0.25) is 0 Å². The van der Waals surface area contributed by atoms with Gasteiger partial charge in [-0.3, -0.25) is 4.68 Å². The highest BCUT2D eigenvalue weighted by Gasteiger charge is 2.57. The molecule has 2 rings (SSSR count). The topological polar surface area (TPSA) is 91.7 Å². The van der Waals surface area contributed by atoms with Crippen molar-refractivity contribution in [1.82, 2.24) is 4.68 Å². The Balaban J connectivity index is 2.31. The average molecular weight is 422 g/mol. The SMILES string of the molecule is CCCCOC[C@H]1OC(c2ccc(C#N)n2N)[C@](C)(OCCCC)[C@@H]1OCCCC. The largest absolute Gasteiger partial charge is 0.379 e. The summed E-state index contributed by atoms with van der Waals surface area (Å²) in [5.41, 5.74) is 0.366. The molecule has 170 valence electrons. The Bertz CT molecular complexity index is 672. The zero-order valence-electron chi connectivity index (χ0n) is 19.1. The molecule has 7 nitrogen and oxygen atoms in total. The third kappa shape index (κ3) is 5.76. The molecule has 0 radical (unpaired) electrons. The van der Waals surface area contributed by atoms with Crippen LogP contribution in [-0.2, 0) is 18.9 Å². The third-order valence-electron chi connectivity index (χ3n) is 5.70. The normalized spacial score (nSPS) is 26.2. The summed E-state index contributed by atoms with van der Waals surface area (Å²) >= 11 is 0. The van der Waals surface area contributed by atoms with Crippen LogP contribution >= 0.6 is 0 Å². The molecular formula is C23H39N3O4. The van der Waals surface area contributed by atoms with E-state index in [-0.39, 0.29) is 12.2 Å². The maximum Gasteiger partial charge on any atom is 0.139 e. The van der Waals surface area contributed by atoms with Gasteiger partial charge in [0.1, 0.15) is 35.7 Å². The van der Waals surface area contributed by atoms with Crippen LogP contribution in [0.2, 0.25) is 0 Å². The Morgan fingerprint density at radius 2 is 1.77 bits per heavy atom. The summed E-state index contributed by atoms with van der Waals surface area (Å²) in [6.07, 6.45) is 5.11. The molecule has 0 bridgehead atoms. The number of rotatable bonds is 14. The van der Waals surface area contributed by atoms with E-state index in [1.807, 2.05) is 13.0 Å². The predicted molar refractivity (Wildman–Crippen MR) is 117 cm³/mol. The van der Waals surface area contributed by atoms with Crippen molar-refractivity contribution in [2.45, 2.75) is 90.1 Å². The van der Waals surface area contributed by atoms with E-state index in [0.717, 1.165) is 38.5 Å². The number of nitrogens with zero attached hydrogens (tertiary/aromatic N) is 2. The van der Waals surface area contributed by atoms with E-state index < -0.39 is 11.7 Å². The van der Waals surface area contributed by atoms with Gasteiger partial charge in [-0.25, -0.2) is 0 Å². The number of aromatic nitrogens is 1. The maximum atomic E-state index is 9.32. The second kappa shape index (κ2) is 12.3. The van der Waals surface area contributed by atoms with Gasteiger partial charge in [-0.2, -0.15) is 5.26 Å². The van der Waals surface area contributed by atoms with Crippen molar-refractivity contribution in [1.29, 1.82) is 5.26 Å². The molecule has 1 aliphatic rings. The summed E-state index contributed by atoms with van der Waals surface area (Å²) in [7, 11) is 0. The number of unbranched alkanes of at least 4 members (excludes halogenated alkanes) is 3. The molecule has 7 heteroatoms. The van der Waals surface area contributed by atoms with Crippen molar-refractivity contribution >= 4 is 0 Å². The Kier molecular flexibility index (Phi) is 10.1. The number of nitrogens with two attached hydrogens (primary N) is 1. The van der Waals surface area contributed by atoms with Gasteiger partial charge in [-0.15, -0.1) is 0 Å². The molecule has 0 aromatic carbocycles. The lowest BCUT2D eigenvalue weighted by atomic mass is 9.90. The van der Waals surface area contributed by atoms with Crippen molar-refractivity contribution in [3.63, 3.8) is 0 Å². The highest BCUT2D eigenvalue weighted by atomic mass is 16.6. The summed E-state index contributed by atoms with van der Waals surface area (Å²) in [5, 5.41) is 9.32. The quantitative estimate of drug-likeness (QED) is 0.359. The number of hydrogen-bond acceptors (Lipinski definition) is 6. The van der Waals surface area contributed by atoms with Gasteiger partial charge >= 0.3 is 0 Å². The van der Waals surface area contributed by atoms with Gasteiger partial charge < -0.3 is 24.8 Å². The van der Waals surface area contributed by atoms with Crippen molar-refractivity contribution in [2.75, 3.05) is 32.3 Å². The number of ether oxygens (including phenoxy) is 4. The van der Waals surface area contributed by atoms with Gasteiger partial charge in [0, 0.05) is 19.8 Å². The molecule has 1 aliphatic heterocycles. The van der Waals surface area contributed by atoms with Crippen molar-refractivity contribution in [2.24, 2.45) is 0 Å². The minimum atomic E-state index is -0.732. The van der Waals surface area contributed by atoms with E-state index in [0.29, 0.717) is 37.8 Å². The first kappa shape index (κ1) is 24.7. The smallest absolute Gasteiger partial charge is 0.139 e. The van der Waals surface area contributed by atoms with Crippen LogP contribution in [0.15, 0.2) is 12.1 Å². The lowest BCUT2D eigenvalue weighted by Crippen LogP contribution is -2.48. The van der Waals surface area contributed by atoms with Crippen LogP contribution in [0.4, 0.5) is 0 Å². The Morgan fingerprint density at radius 1 is 1.10 bits per heavy atom. The summed E-state index contributed by atoms with van der Waals surface area (Å²) in [6.45, 7) is 10.8. The van der Waals surface area contributed by atoms with Crippen LogP contribution in [0.1, 0.15) is 83.7 Å². The van der Waals surface area contributed by atoms with E-state index in [1.54, 1.807) is 6.07 Å². The minimum Gasteiger partial charge on any atom is -0.379 e. The molecule has 1 aromatic heterocycles. The molecule has 1 unspecified atom stereocenters. The Labute approximate surface area is 181 Å². The lowest BCUT2D eigenvalue weighted by Gasteiger charge is -2.35. The first-order chi connectivity index (χ1) is 14.5. The summed E-state index contributed by atoms with van der Waals surface area (Å²) in [4.78, 5) is 0. The summed E-state index contributed by atoms with van der Waals surface area (Å²) in [6, 6.07) is 5.67. The lowest BCUT2D eigenvalue weighted by molar-refractivity contribution is -0.138. The molecule has 0 aliphatic carbocycles. The average Bonchev–Trinajstić information content (AvgIpc) is 3.23. The van der Waals surface area contributed by atoms with Crippen molar-refractivity contribution in [3.8, 4) is 6.07 Å². The fraction of sp³-hybridized carbons (Fsp3) is 0.783. The maximum absolute atomic E-state index is 9.32. The van der Waals surface area contributed by atoms with Crippen LogP contribution in [0.3, 0.4) is 0 Å². The minimum absolute atomic E-state index is 0.268. The molecule has 0 amide bonds. The zero-order chi connectivity index (χ0) is 22.0. The highest BCUT2D eigenvalue weighted by molar-refractivity contribution is 5.30. The molecular weight excluding hydrogens is 382 g/mol. The van der Waals surface area contributed by atoms with E-state index in [2.05, 4.69) is 26.8 Å². The van der Waals surface area contributed by atoms with Crippen LogP contribution < -0.4 is 5.84 Å². The molecule has 2 N–H and O–H groups in total. The molecule has 30 heavy (non-hydrogen) atoms. The predicted octanol–water partition coefficient (Wildman–Crippen LogP) is 4.09. The first-order valence-corrected chi connectivity index (χ1v) is 11.4. The van der Waals surface area contributed by atoms with Gasteiger partial charge in [0.25, 0.3) is 0 Å².